The number of nitrogens with zero attached hydrogens (tertiary/aromatic N) is 1. The van der Waals surface area contributed by atoms with Crippen LogP contribution >= 0.6 is 15.9 Å². The van der Waals surface area contributed by atoms with Crippen molar-refractivity contribution in [3.8, 4) is 17.2 Å². The van der Waals surface area contributed by atoms with Crippen LogP contribution < -0.4 is 19.5 Å². The number of amides is 1. The van der Waals surface area contributed by atoms with Gasteiger partial charge in [0.1, 0.15) is 5.75 Å². The molecule has 0 radical (unpaired) electrons. The lowest BCUT2D eigenvalue weighted by Gasteiger charge is -2.32. The molecule has 0 bridgehead atoms. The molecule has 2 aromatic carbocycles. The first-order chi connectivity index (χ1) is 17.5. The normalized spacial score (nSPS) is 16.1. The number of fused-ring (bicyclic) bond motifs is 1. The van der Waals surface area contributed by atoms with Gasteiger partial charge in [-0.1, -0.05) is 15.9 Å². The fourth-order valence-electron chi connectivity index (χ4n) is 4.73. The predicted octanol–water partition coefficient (Wildman–Crippen LogP) is 5.14. The first kappa shape index (κ1) is 26.2. The molecular formula is C27H34BrN3O5. The van der Waals surface area contributed by atoms with E-state index in [1.165, 1.54) is 0 Å². The topological polar surface area (TPSA) is 85.1 Å². The predicted molar refractivity (Wildman–Crippen MR) is 143 cm³/mol. The number of hydrogen-bond acceptors (Lipinski definition) is 6. The number of benzene rings is 2. The number of methoxy groups -OCH3 is 3. The van der Waals surface area contributed by atoms with E-state index in [1.54, 1.807) is 21.3 Å². The number of nitrogens with one attached hydrogen (secondary N) is 2. The Bertz CT molecular complexity index is 1180. The molecular weight excluding hydrogens is 526 g/mol. The number of carbonyl (C=O) groups is 1. The fourth-order valence-corrected chi connectivity index (χ4v) is 5.18. The minimum absolute atomic E-state index is 0.312. The SMILES string of the molecule is COc1ccc2c(CCNC(=O)OCC3CCCN(Cc4cc(OC)c(OC)cc4Br)C3)c[nH]c2c1. The summed E-state index contributed by atoms with van der Waals surface area (Å²) in [6.45, 7) is 3.62. The van der Waals surface area contributed by atoms with Crippen LogP contribution in [-0.4, -0.2) is 63.5 Å². The molecule has 1 atom stereocenters. The highest BCUT2D eigenvalue weighted by molar-refractivity contribution is 9.10. The minimum Gasteiger partial charge on any atom is -0.497 e. The highest BCUT2D eigenvalue weighted by Crippen LogP contribution is 2.34. The molecule has 1 saturated heterocycles. The van der Waals surface area contributed by atoms with Crippen molar-refractivity contribution < 1.29 is 23.7 Å². The molecule has 0 saturated carbocycles. The Balaban J connectivity index is 1.22. The maximum atomic E-state index is 12.3. The molecule has 9 heteroatoms. The van der Waals surface area contributed by atoms with Gasteiger partial charge in [-0.05, 0) is 61.2 Å². The zero-order valence-corrected chi connectivity index (χ0v) is 22.7. The summed E-state index contributed by atoms with van der Waals surface area (Å²) in [5.41, 5.74) is 3.31. The van der Waals surface area contributed by atoms with Crippen molar-refractivity contribution in [1.29, 1.82) is 0 Å². The van der Waals surface area contributed by atoms with Crippen LogP contribution in [0.5, 0.6) is 17.2 Å². The van der Waals surface area contributed by atoms with E-state index in [0.717, 1.165) is 76.9 Å². The van der Waals surface area contributed by atoms with Gasteiger partial charge in [0.05, 0.1) is 27.9 Å². The molecule has 1 amide bonds. The van der Waals surface area contributed by atoms with Crippen molar-refractivity contribution in [1.82, 2.24) is 15.2 Å². The monoisotopic (exact) mass is 559 g/mol. The van der Waals surface area contributed by atoms with Gasteiger partial charge in [-0.3, -0.25) is 4.90 Å². The smallest absolute Gasteiger partial charge is 0.407 e. The van der Waals surface area contributed by atoms with Gasteiger partial charge in [0.15, 0.2) is 11.5 Å². The molecule has 8 nitrogen and oxygen atoms in total. The van der Waals surface area contributed by atoms with Crippen LogP contribution in [0.15, 0.2) is 41.0 Å². The van der Waals surface area contributed by atoms with E-state index in [9.17, 15) is 4.79 Å². The number of carbonyl (C=O) groups excluding carboxylic acids is 1. The summed E-state index contributed by atoms with van der Waals surface area (Å²) in [6.07, 6.45) is 4.46. The number of H-pyrrole nitrogens is 1. The zero-order chi connectivity index (χ0) is 25.5. The standard InChI is InChI=1S/C27H34BrN3O5/c1-33-21-6-7-22-19(14-30-24(22)12-21)8-9-29-27(32)36-17-18-5-4-10-31(15-18)16-20-11-25(34-2)26(35-3)13-23(20)28/h6-7,11-14,18,30H,4-5,8-10,15-17H2,1-3H3,(H,29,32). The summed E-state index contributed by atoms with van der Waals surface area (Å²) in [6, 6.07) is 9.90. The molecule has 194 valence electrons. The Morgan fingerprint density at radius 3 is 2.69 bits per heavy atom. The van der Waals surface area contributed by atoms with E-state index in [1.807, 2.05) is 36.5 Å². The number of aromatic nitrogens is 1. The zero-order valence-electron chi connectivity index (χ0n) is 21.1. The molecule has 0 spiro atoms. The molecule has 2 N–H and O–H groups in total. The summed E-state index contributed by atoms with van der Waals surface area (Å²) >= 11 is 3.65. The molecule has 3 aromatic rings. The minimum atomic E-state index is -0.365. The second-order valence-electron chi connectivity index (χ2n) is 9.04. The summed E-state index contributed by atoms with van der Waals surface area (Å²) in [7, 11) is 4.94. The molecule has 36 heavy (non-hydrogen) atoms. The number of likely N-dealkylation sites (tertiary alicyclic amines) is 1. The quantitative estimate of drug-likeness (QED) is 0.358. The number of rotatable bonds is 10. The van der Waals surface area contributed by atoms with E-state index in [-0.39, 0.29) is 6.09 Å². The molecule has 4 rings (SSSR count). The lowest BCUT2D eigenvalue weighted by atomic mass is 9.98. The molecule has 1 aliphatic heterocycles. The van der Waals surface area contributed by atoms with Gasteiger partial charge >= 0.3 is 6.09 Å². The summed E-state index contributed by atoms with van der Waals surface area (Å²) < 4.78 is 22.7. The van der Waals surface area contributed by atoms with E-state index < -0.39 is 0 Å². The highest BCUT2D eigenvalue weighted by Gasteiger charge is 2.22. The van der Waals surface area contributed by atoms with Crippen molar-refractivity contribution in [3.05, 3.63) is 52.1 Å². The molecule has 1 aromatic heterocycles. The first-order valence-corrected chi connectivity index (χ1v) is 13.0. The van der Waals surface area contributed by atoms with Crippen molar-refractivity contribution in [2.45, 2.75) is 25.8 Å². The average molecular weight is 560 g/mol. The van der Waals surface area contributed by atoms with Crippen LogP contribution in [0.2, 0.25) is 0 Å². The van der Waals surface area contributed by atoms with Crippen LogP contribution in [0.25, 0.3) is 10.9 Å². The van der Waals surface area contributed by atoms with Crippen molar-refractivity contribution in [3.63, 3.8) is 0 Å². The number of ether oxygens (including phenoxy) is 4. The second kappa shape index (κ2) is 12.4. The summed E-state index contributed by atoms with van der Waals surface area (Å²) in [4.78, 5) is 18.0. The lowest BCUT2D eigenvalue weighted by molar-refractivity contribution is 0.0870. The van der Waals surface area contributed by atoms with Crippen LogP contribution in [-0.2, 0) is 17.7 Å². The van der Waals surface area contributed by atoms with E-state index in [2.05, 4.69) is 31.1 Å². The Labute approximate surface area is 220 Å². The Morgan fingerprint density at radius 1 is 1.11 bits per heavy atom. The van der Waals surface area contributed by atoms with Gasteiger partial charge in [-0.15, -0.1) is 0 Å². The van der Waals surface area contributed by atoms with Crippen LogP contribution in [0.4, 0.5) is 4.79 Å². The number of piperidine rings is 1. The largest absolute Gasteiger partial charge is 0.497 e. The van der Waals surface area contributed by atoms with Crippen molar-refractivity contribution in [2.24, 2.45) is 5.92 Å². The Morgan fingerprint density at radius 2 is 1.92 bits per heavy atom. The van der Waals surface area contributed by atoms with Gasteiger partial charge < -0.3 is 29.2 Å². The van der Waals surface area contributed by atoms with Crippen molar-refractivity contribution >= 4 is 32.9 Å². The van der Waals surface area contributed by atoms with E-state index in [0.29, 0.717) is 24.8 Å². The first-order valence-electron chi connectivity index (χ1n) is 12.2. The van der Waals surface area contributed by atoms with Gasteiger partial charge in [0.2, 0.25) is 0 Å². The maximum absolute atomic E-state index is 12.3. The molecule has 0 aliphatic carbocycles. The van der Waals surface area contributed by atoms with E-state index >= 15 is 0 Å². The molecule has 1 fully saturated rings. The molecule has 1 aliphatic rings. The fraction of sp³-hybridized carbons (Fsp3) is 0.444. The summed E-state index contributed by atoms with van der Waals surface area (Å²) in [5.74, 6) is 2.55. The number of halogens is 1. The second-order valence-corrected chi connectivity index (χ2v) is 9.90. The Kier molecular flexibility index (Phi) is 8.98. The third-order valence-corrected chi connectivity index (χ3v) is 7.38. The van der Waals surface area contributed by atoms with Gasteiger partial charge in [-0.2, -0.15) is 0 Å². The van der Waals surface area contributed by atoms with Gasteiger partial charge in [0, 0.05) is 53.2 Å². The maximum Gasteiger partial charge on any atom is 0.407 e. The van der Waals surface area contributed by atoms with Crippen molar-refractivity contribution in [2.75, 3.05) is 47.6 Å². The number of hydrogen-bond donors (Lipinski definition) is 2. The molecule has 2 heterocycles. The van der Waals surface area contributed by atoms with E-state index in [4.69, 9.17) is 18.9 Å². The number of alkyl carbamates (subject to hydrolysis) is 1. The van der Waals surface area contributed by atoms with Crippen LogP contribution in [0.1, 0.15) is 24.0 Å². The average Bonchev–Trinajstić information content (AvgIpc) is 3.30. The number of aromatic amines is 1. The van der Waals surface area contributed by atoms with Crippen LogP contribution in [0.3, 0.4) is 0 Å². The third-order valence-electron chi connectivity index (χ3n) is 6.64. The van der Waals surface area contributed by atoms with Gasteiger partial charge in [-0.25, -0.2) is 4.79 Å². The van der Waals surface area contributed by atoms with Crippen LogP contribution in [0, 0.1) is 5.92 Å². The lowest BCUT2D eigenvalue weighted by Crippen LogP contribution is -2.38. The molecule has 1 unspecified atom stereocenters. The highest BCUT2D eigenvalue weighted by atomic mass is 79.9. The third kappa shape index (κ3) is 6.44. The summed E-state index contributed by atoms with van der Waals surface area (Å²) in [5, 5.41) is 4.02. The Hall–Kier alpha value is -2.91. The van der Waals surface area contributed by atoms with Gasteiger partial charge in [0.25, 0.3) is 0 Å².